The Kier molecular flexibility index (Phi) is 7.95. The summed E-state index contributed by atoms with van der Waals surface area (Å²) in [5, 5.41) is 3.05. The number of nitrogens with zero attached hydrogens (tertiary/aromatic N) is 1. The average molecular weight is 290 g/mol. The van der Waals surface area contributed by atoms with Gasteiger partial charge in [0.15, 0.2) is 5.96 Å². The number of hydrogen-bond donors (Lipinski definition) is 3. The maximum Gasteiger partial charge on any atom is 0.323 e. The highest BCUT2D eigenvalue weighted by molar-refractivity contribution is 7.54. The van der Waals surface area contributed by atoms with Gasteiger partial charge in [-0.1, -0.05) is 0 Å². The van der Waals surface area contributed by atoms with Crippen molar-refractivity contribution in [1.29, 1.82) is 0 Å². The van der Waals surface area contributed by atoms with Crippen LogP contribution in [0, 0.1) is 0 Å². The number of esters is 1. The Bertz CT molecular complexity index is 313. The van der Waals surface area contributed by atoms with E-state index in [4.69, 9.17) is 16.2 Å². The quantitative estimate of drug-likeness (QED) is 0.223. The Balaban J connectivity index is 3.92. The Hall–Kier alpha value is -0.870. The van der Waals surface area contributed by atoms with Crippen LogP contribution in [0.15, 0.2) is 4.99 Å². The molecule has 7 heteroatoms. The molecule has 0 heterocycles. The first-order chi connectivity index (χ1) is 8.61. The summed E-state index contributed by atoms with van der Waals surface area (Å²) in [7, 11) is -0.304. The van der Waals surface area contributed by atoms with Crippen molar-refractivity contribution in [3.8, 4) is 0 Å². The third kappa shape index (κ3) is 10.7. The third-order valence-corrected chi connectivity index (χ3v) is 2.68. The minimum Gasteiger partial charge on any atom is -0.459 e. The van der Waals surface area contributed by atoms with E-state index >= 15 is 0 Å². The molecule has 6 nitrogen and oxygen atoms in total. The molecule has 0 amide bonds. The molecule has 19 heavy (non-hydrogen) atoms. The summed E-state index contributed by atoms with van der Waals surface area (Å²) in [6.07, 6.45) is 1.24. The van der Waals surface area contributed by atoms with Gasteiger partial charge in [0.2, 0.25) is 0 Å². The zero-order valence-corrected chi connectivity index (χ0v) is 13.5. The second-order valence-electron chi connectivity index (χ2n) is 5.56. The third-order valence-electron chi connectivity index (χ3n) is 2.00. The molecule has 0 aromatic heterocycles. The van der Waals surface area contributed by atoms with Gasteiger partial charge >= 0.3 is 5.97 Å². The number of nitrogens with two attached hydrogens (primary N) is 2. The SMILES string of the molecule is CP(C)NC(N)=NCCC[C@H](N)C(=O)OC(C)(C)C. The first-order valence-electron chi connectivity index (χ1n) is 6.34. The van der Waals surface area contributed by atoms with E-state index < -0.39 is 11.6 Å². The molecular formula is C12H27N4O2P. The van der Waals surface area contributed by atoms with Crippen molar-refractivity contribution < 1.29 is 9.53 Å². The van der Waals surface area contributed by atoms with Crippen molar-refractivity contribution in [2.24, 2.45) is 16.5 Å². The van der Waals surface area contributed by atoms with Gasteiger partial charge in [-0.15, -0.1) is 0 Å². The second kappa shape index (κ2) is 8.33. The van der Waals surface area contributed by atoms with Crippen LogP contribution in [0.4, 0.5) is 0 Å². The summed E-state index contributed by atoms with van der Waals surface area (Å²) in [5.41, 5.74) is 10.9. The summed E-state index contributed by atoms with van der Waals surface area (Å²) >= 11 is 0. The van der Waals surface area contributed by atoms with Crippen LogP contribution in [0.5, 0.6) is 0 Å². The van der Waals surface area contributed by atoms with E-state index in [1.807, 2.05) is 20.8 Å². The fourth-order valence-corrected chi connectivity index (χ4v) is 1.80. The molecule has 0 fully saturated rings. The number of carbonyl (C=O) groups is 1. The van der Waals surface area contributed by atoms with Crippen LogP contribution in [0.25, 0.3) is 0 Å². The molecule has 0 saturated carbocycles. The fourth-order valence-electron chi connectivity index (χ4n) is 1.27. The summed E-state index contributed by atoms with van der Waals surface area (Å²) < 4.78 is 5.20. The smallest absolute Gasteiger partial charge is 0.323 e. The van der Waals surface area contributed by atoms with Crippen LogP contribution in [0.2, 0.25) is 0 Å². The molecule has 0 bridgehead atoms. The molecule has 112 valence electrons. The van der Waals surface area contributed by atoms with E-state index in [9.17, 15) is 4.79 Å². The molecule has 5 N–H and O–H groups in total. The van der Waals surface area contributed by atoms with Crippen LogP contribution in [-0.2, 0) is 9.53 Å². The highest BCUT2D eigenvalue weighted by atomic mass is 31.1. The number of guanidine groups is 1. The highest BCUT2D eigenvalue weighted by Gasteiger charge is 2.21. The predicted molar refractivity (Wildman–Crippen MR) is 81.4 cm³/mol. The first-order valence-corrected chi connectivity index (χ1v) is 8.58. The Morgan fingerprint density at radius 2 is 2.00 bits per heavy atom. The van der Waals surface area contributed by atoms with Gasteiger partial charge < -0.3 is 21.3 Å². The van der Waals surface area contributed by atoms with Gasteiger partial charge in [-0.2, -0.15) is 0 Å². The van der Waals surface area contributed by atoms with Crippen LogP contribution in [0.1, 0.15) is 33.6 Å². The van der Waals surface area contributed by atoms with Crippen molar-refractivity contribution >= 4 is 20.0 Å². The molecule has 0 aliphatic carbocycles. The zero-order valence-electron chi connectivity index (χ0n) is 12.6. The lowest BCUT2D eigenvalue weighted by molar-refractivity contribution is -0.156. The number of nitrogens with one attached hydrogen (secondary N) is 1. The molecule has 1 atom stereocenters. The molecule has 0 unspecified atom stereocenters. The molecular weight excluding hydrogens is 263 g/mol. The summed E-state index contributed by atoms with van der Waals surface area (Å²) in [6.45, 7) is 10.1. The zero-order chi connectivity index (χ0) is 15.1. The van der Waals surface area contributed by atoms with Crippen molar-refractivity contribution in [2.45, 2.75) is 45.3 Å². The predicted octanol–water partition coefficient (Wildman–Crippen LogP) is 0.996. The molecule has 0 aromatic rings. The van der Waals surface area contributed by atoms with Gasteiger partial charge in [-0.25, -0.2) is 0 Å². The largest absolute Gasteiger partial charge is 0.459 e. The summed E-state index contributed by atoms with van der Waals surface area (Å²) in [5.74, 6) is 0.0789. The van der Waals surface area contributed by atoms with Crippen molar-refractivity contribution in [3.05, 3.63) is 0 Å². The van der Waals surface area contributed by atoms with Gasteiger partial charge in [0.1, 0.15) is 11.6 Å². The molecule has 0 aliphatic rings. The van der Waals surface area contributed by atoms with Crippen molar-refractivity contribution in [1.82, 2.24) is 5.09 Å². The number of rotatable bonds is 6. The van der Waals surface area contributed by atoms with E-state index in [1.165, 1.54) is 0 Å². The van der Waals surface area contributed by atoms with E-state index in [-0.39, 0.29) is 14.0 Å². The molecule has 0 spiro atoms. The van der Waals surface area contributed by atoms with Gasteiger partial charge in [-0.05, 0) is 55.0 Å². The summed E-state index contributed by atoms with van der Waals surface area (Å²) in [6, 6.07) is -0.599. The minimum atomic E-state index is -0.599. The monoisotopic (exact) mass is 290 g/mol. The highest BCUT2D eigenvalue weighted by Crippen LogP contribution is 2.15. The normalized spacial score (nSPS) is 14.4. The van der Waals surface area contributed by atoms with Crippen LogP contribution < -0.4 is 16.6 Å². The Labute approximate surface area is 117 Å². The average Bonchev–Trinajstić information content (AvgIpc) is 2.20. The van der Waals surface area contributed by atoms with E-state index in [0.717, 1.165) is 0 Å². The van der Waals surface area contributed by atoms with Crippen LogP contribution in [0.3, 0.4) is 0 Å². The molecule has 0 radical (unpaired) electrons. The lowest BCUT2D eigenvalue weighted by atomic mass is 10.1. The van der Waals surface area contributed by atoms with Gasteiger partial charge in [0.25, 0.3) is 0 Å². The minimum absolute atomic E-state index is 0.304. The topological polar surface area (TPSA) is 103 Å². The number of hydrogen-bond acceptors (Lipinski definition) is 4. The number of aliphatic imine (C=N–C) groups is 1. The van der Waals surface area contributed by atoms with Crippen LogP contribution >= 0.6 is 8.07 Å². The Morgan fingerprint density at radius 1 is 1.42 bits per heavy atom. The van der Waals surface area contributed by atoms with Crippen LogP contribution in [-0.4, -0.2) is 43.4 Å². The molecule has 0 aromatic carbocycles. The number of carbonyl (C=O) groups excluding carboxylic acids is 1. The molecule has 0 saturated heterocycles. The lowest BCUT2D eigenvalue weighted by Crippen LogP contribution is -2.37. The lowest BCUT2D eigenvalue weighted by Gasteiger charge is -2.22. The van der Waals surface area contributed by atoms with Gasteiger partial charge in [-0.3, -0.25) is 9.79 Å². The number of ether oxygens (including phenoxy) is 1. The fraction of sp³-hybridized carbons (Fsp3) is 0.833. The van der Waals surface area contributed by atoms with E-state index in [1.54, 1.807) is 0 Å². The van der Waals surface area contributed by atoms with Crippen molar-refractivity contribution in [3.63, 3.8) is 0 Å². The van der Waals surface area contributed by atoms with E-state index in [2.05, 4.69) is 23.4 Å². The van der Waals surface area contributed by atoms with Gasteiger partial charge in [0, 0.05) is 6.54 Å². The Morgan fingerprint density at radius 3 is 2.47 bits per heavy atom. The molecule has 0 rings (SSSR count). The van der Waals surface area contributed by atoms with Crippen molar-refractivity contribution in [2.75, 3.05) is 19.9 Å². The summed E-state index contributed by atoms with van der Waals surface area (Å²) in [4.78, 5) is 15.8. The standard InChI is InChI=1S/C12H27N4O2P/c1-12(2,3)18-10(17)9(13)7-6-8-15-11(14)16-19(4)5/h9H,6-8,13H2,1-5H3,(H3,14,15,16)/t9-/m0/s1. The van der Waals surface area contributed by atoms with Gasteiger partial charge in [0.05, 0.1) is 0 Å². The maximum absolute atomic E-state index is 11.6. The molecule has 0 aliphatic heterocycles. The first kappa shape index (κ1) is 18.1. The van der Waals surface area contributed by atoms with E-state index in [0.29, 0.717) is 25.3 Å². The second-order valence-corrected chi connectivity index (χ2v) is 7.57. The maximum atomic E-state index is 11.6.